The minimum Gasteiger partial charge on any atom is -0.344 e. The summed E-state index contributed by atoms with van der Waals surface area (Å²) in [6, 6.07) is 12.8. The van der Waals surface area contributed by atoms with Gasteiger partial charge in [-0.2, -0.15) is 0 Å². The zero-order chi connectivity index (χ0) is 17.4. The third-order valence-corrected chi connectivity index (χ3v) is 5.08. The number of anilines is 1. The van der Waals surface area contributed by atoms with Gasteiger partial charge in [-0.25, -0.2) is 0 Å². The van der Waals surface area contributed by atoms with Gasteiger partial charge in [0.1, 0.15) is 0 Å². The Morgan fingerprint density at radius 1 is 1.12 bits per heavy atom. The fourth-order valence-electron chi connectivity index (χ4n) is 2.45. The molecule has 5 heteroatoms. The maximum atomic E-state index is 5.68. The number of rotatable bonds is 8. The van der Waals surface area contributed by atoms with Gasteiger partial charge in [0, 0.05) is 17.1 Å². The van der Waals surface area contributed by atoms with E-state index in [0.29, 0.717) is 0 Å². The van der Waals surface area contributed by atoms with Crippen molar-refractivity contribution in [2.75, 3.05) is 32.5 Å². The number of aryl methyl sites for hydroxylation is 1. The molecule has 0 aliphatic heterocycles. The van der Waals surface area contributed by atoms with E-state index >= 15 is 0 Å². The normalized spacial score (nSPS) is 10.8. The largest absolute Gasteiger partial charge is 0.344 e. The molecule has 0 aliphatic rings. The number of nitrogens with zero attached hydrogens (tertiary/aromatic N) is 2. The Morgan fingerprint density at radius 2 is 1.88 bits per heavy atom. The Hall–Kier alpha value is -1.43. The molecule has 0 fully saturated rings. The lowest BCUT2D eigenvalue weighted by molar-refractivity contribution is 0.347. The molecule has 0 atom stereocenters. The van der Waals surface area contributed by atoms with Crippen LogP contribution < -0.4 is 5.32 Å². The Bertz CT molecular complexity index is 606. The summed E-state index contributed by atoms with van der Waals surface area (Å²) < 4.78 is 0. The predicted octanol–water partition coefficient (Wildman–Crippen LogP) is 4.46. The van der Waals surface area contributed by atoms with Crippen LogP contribution in [0.25, 0.3) is 0 Å². The minimum atomic E-state index is 0.798. The second kappa shape index (κ2) is 9.77. The summed E-state index contributed by atoms with van der Waals surface area (Å²) in [4.78, 5) is 5.81. The fourth-order valence-corrected chi connectivity index (χ4v) is 3.44. The average Bonchev–Trinajstić information content (AvgIpc) is 3.07. The molecule has 0 spiro atoms. The van der Waals surface area contributed by atoms with Gasteiger partial charge >= 0.3 is 0 Å². The molecule has 0 amide bonds. The molecule has 130 valence electrons. The van der Waals surface area contributed by atoms with Gasteiger partial charge in [0.15, 0.2) is 5.11 Å². The molecule has 24 heavy (non-hydrogen) atoms. The second-order valence-electron chi connectivity index (χ2n) is 6.14. The molecule has 0 bridgehead atoms. The number of thiophene rings is 1. The molecule has 1 aromatic heterocycles. The molecule has 0 saturated heterocycles. The quantitative estimate of drug-likeness (QED) is 0.699. The SMILES string of the molecule is CCc1ccc(NC(=S)N(CCCN(C)C)Cc2cccs2)cc1. The van der Waals surface area contributed by atoms with Crippen LogP contribution in [0.2, 0.25) is 0 Å². The standard InChI is InChI=1S/C19H27N3S2/c1-4-16-8-10-17(11-9-16)20-19(23)22(13-6-12-21(2)3)15-18-7-5-14-24-18/h5,7-11,14H,4,6,12-13,15H2,1-3H3,(H,20,23). The van der Waals surface area contributed by atoms with Gasteiger partial charge < -0.3 is 15.1 Å². The van der Waals surface area contributed by atoms with Crippen LogP contribution in [0.3, 0.4) is 0 Å². The molecule has 2 rings (SSSR count). The zero-order valence-corrected chi connectivity index (χ0v) is 16.4. The van der Waals surface area contributed by atoms with Crippen LogP contribution in [-0.4, -0.2) is 42.1 Å². The molecule has 1 N–H and O–H groups in total. The lowest BCUT2D eigenvalue weighted by Crippen LogP contribution is -2.36. The van der Waals surface area contributed by atoms with E-state index in [1.807, 2.05) is 0 Å². The number of hydrogen-bond donors (Lipinski definition) is 1. The van der Waals surface area contributed by atoms with Crippen molar-refractivity contribution >= 4 is 34.4 Å². The number of thiocarbonyl (C=S) groups is 1. The first-order valence-electron chi connectivity index (χ1n) is 8.40. The summed E-state index contributed by atoms with van der Waals surface area (Å²) in [5, 5.41) is 6.31. The molecular formula is C19H27N3S2. The monoisotopic (exact) mass is 361 g/mol. The van der Waals surface area contributed by atoms with Crippen LogP contribution in [0, 0.1) is 0 Å². The molecule has 0 radical (unpaired) electrons. The molecular weight excluding hydrogens is 334 g/mol. The van der Waals surface area contributed by atoms with Crippen molar-refractivity contribution in [2.24, 2.45) is 0 Å². The van der Waals surface area contributed by atoms with Gasteiger partial charge in [-0.15, -0.1) is 11.3 Å². The lowest BCUT2D eigenvalue weighted by Gasteiger charge is -2.26. The first-order chi connectivity index (χ1) is 11.6. The van der Waals surface area contributed by atoms with Crippen LogP contribution in [0.1, 0.15) is 23.8 Å². The smallest absolute Gasteiger partial charge is 0.173 e. The van der Waals surface area contributed by atoms with Gasteiger partial charge in [0.25, 0.3) is 0 Å². The molecule has 3 nitrogen and oxygen atoms in total. The highest BCUT2D eigenvalue weighted by molar-refractivity contribution is 7.80. The molecule has 0 saturated carbocycles. The van der Waals surface area contributed by atoms with Crippen LogP contribution in [0.4, 0.5) is 5.69 Å². The van der Waals surface area contributed by atoms with Crippen LogP contribution in [-0.2, 0) is 13.0 Å². The number of hydrogen-bond acceptors (Lipinski definition) is 3. The van der Waals surface area contributed by atoms with Crippen molar-refractivity contribution in [1.29, 1.82) is 0 Å². The van der Waals surface area contributed by atoms with E-state index in [0.717, 1.165) is 43.3 Å². The van der Waals surface area contributed by atoms with Crippen LogP contribution >= 0.6 is 23.6 Å². The second-order valence-corrected chi connectivity index (χ2v) is 7.56. The van der Waals surface area contributed by atoms with Gasteiger partial charge in [0.05, 0.1) is 6.54 Å². The van der Waals surface area contributed by atoms with Gasteiger partial charge in [-0.05, 0) is 74.8 Å². The maximum absolute atomic E-state index is 5.68. The van der Waals surface area contributed by atoms with Crippen molar-refractivity contribution in [3.05, 3.63) is 52.2 Å². The van der Waals surface area contributed by atoms with Crippen LogP contribution in [0.15, 0.2) is 41.8 Å². The first kappa shape index (κ1) is 18.9. The van der Waals surface area contributed by atoms with E-state index in [4.69, 9.17) is 12.2 Å². The molecule has 1 heterocycles. The Balaban J connectivity index is 1.98. The molecule has 0 unspecified atom stereocenters. The van der Waals surface area contributed by atoms with E-state index in [2.05, 4.69) is 77.9 Å². The van der Waals surface area contributed by atoms with Crippen molar-refractivity contribution in [1.82, 2.24) is 9.80 Å². The summed E-state index contributed by atoms with van der Waals surface area (Å²) >= 11 is 7.46. The molecule has 2 aromatic rings. The first-order valence-corrected chi connectivity index (χ1v) is 9.69. The van der Waals surface area contributed by atoms with E-state index in [1.54, 1.807) is 11.3 Å². The van der Waals surface area contributed by atoms with Crippen molar-refractivity contribution in [3.8, 4) is 0 Å². The Morgan fingerprint density at radius 3 is 2.46 bits per heavy atom. The highest BCUT2D eigenvalue weighted by Crippen LogP contribution is 2.15. The highest BCUT2D eigenvalue weighted by atomic mass is 32.1. The topological polar surface area (TPSA) is 18.5 Å². The van der Waals surface area contributed by atoms with Gasteiger partial charge in [-0.1, -0.05) is 25.1 Å². The summed E-state index contributed by atoms with van der Waals surface area (Å²) in [5.74, 6) is 0. The van der Waals surface area contributed by atoms with E-state index < -0.39 is 0 Å². The Labute approximate surface area is 155 Å². The highest BCUT2D eigenvalue weighted by Gasteiger charge is 2.11. The van der Waals surface area contributed by atoms with Crippen molar-refractivity contribution < 1.29 is 0 Å². The van der Waals surface area contributed by atoms with Crippen molar-refractivity contribution in [3.63, 3.8) is 0 Å². The zero-order valence-electron chi connectivity index (χ0n) is 14.8. The van der Waals surface area contributed by atoms with E-state index in [-0.39, 0.29) is 0 Å². The summed E-state index contributed by atoms with van der Waals surface area (Å²) in [5.41, 5.74) is 2.40. The Kier molecular flexibility index (Phi) is 7.69. The summed E-state index contributed by atoms with van der Waals surface area (Å²) in [7, 11) is 4.21. The molecule has 0 aliphatic carbocycles. The maximum Gasteiger partial charge on any atom is 0.173 e. The average molecular weight is 362 g/mol. The number of nitrogens with one attached hydrogen (secondary N) is 1. The third kappa shape index (κ3) is 6.23. The minimum absolute atomic E-state index is 0.798. The lowest BCUT2D eigenvalue weighted by atomic mass is 10.1. The van der Waals surface area contributed by atoms with E-state index in [1.165, 1.54) is 10.4 Å². The molecule has 1 aromatic carbocycles. The number of benzene rings is 1. The fraction of sp³-hybridized carbons (Fsp3) is 0.421. The predicted molar refractivity (Wildman–Crippen MR) is 110 cm³/mol. The summed E-state index contributed by atoms with van der Waals surface area (Å²) in [6.07, 6.45) is 2.15. The van der Waals surface area contributed by atoms with Crippen LogP contribution in [0.5, 0.6) is 0 Å². The van der Waals surface area contributed by atoms with E-state index in [9.17, 15) is 0 Å². The third-order valence-electron chi connectivity index (χ3n) is 3.86. The van der Waals surface area contributed by atoms with Gasteiger partial charge in [-0.3, -0.25) is 0 Å². The van der Waals surface area contributed by atoms with Crippen molar-refractivity contribution in [2.45, 2.75) is 26.3 Å². The van der Waals surface area contributed by atoms with Gasteiger partial charge in [0.2, 0.25) is 0 Å². The summed E-state index contributed by atoms with van der Waals surface area (Å²) in [6.45, 7) is 5.05.